The molecule has 4 heteroatoms. The molecule has 0 radical (unpaired) electrons. The molecule has 0 saturated carbocycles. The van der Waals surface area contributed by atoms with Gasteiger partial charge in [0.15, 0.2) is 0 Å². The van der Waals surface area contributed by atoms with E-state index in [2.05, 4.69) is 22.1 Å². The molecule has 19 heavy (non-hydrogen) atoms. The molecular weight excluding hydrogens is 238 g/mol. The molecule has 0 atom stereocenters. The number of rotatable bonds is 5. The van der Waals surface area contributed by atoms with Crippen LogP contribution in [0, 0.1) is 0 Å². The minimum atomic E-state index is 0.239. The fourth-order valence-electron chi connectivity index (χ4n) is 1.64. The van der Waals surface area contributed by atoms with Crippen LogP contribution in [-0.2, 0) is 6.42 Å². The van der Waals surface area contributed by atoms with E-state index >= 15 is 0 Å². The maximum absolute atomic E-state index is 10.0. The minimum Gasteiger partial charge on any atom is -0.507 e. The van der Waals surface area contributed by atoms with Gasteiger partial charge in [0.05, 0.1) is 11.9 Å². The van der Waals surface area contributed by atoms with Crippen molar-refractivity contribution < 1.29 is 5.11 Å². The molecule has 0 spiro atoms. The van der Waals surface area contributed by atoms with Gasteiger partial charge in [0.1, 0.15) is 5.75 Å². The molecule has 96 valence electrons. The predicted octanol–water partition coefficient (Wildman–Crippen LogP) is 2.96. The first-order valence-corrected chi connectivity index (χ1v) is 5.92. The Hall–Kier alpha value is -2.62. The Morgan fingerprint density at radius 1 is 1.26 bits per heavy atom. The van der Waals surface area contributed by atoms with Crippen LogP contribution in [0.15, 0.2) is 60.5 Å². The summed E-state index contributed by atoms with van der Waals surface area (Å²) in [6.07, 6.45) is 7.33. The van der Waals surface area contributed by atoms with Crippen molar-refractivity contribution in [2.45, 2.75) is 6.42 Å². The molecule has 0 aliphatic rings. The van der Waals surface area contributed by atoms with Crippen molar-refractivity contribution >= 4 is 11.9 Å². The largest absolute Gasteiger partial charge is 0.507 e. The predicted molar refractivity (Wildman–Crippen MR) is 77.5 cm³/mol. The van der Waals surface area contributed by atoms with Gasteiger partial charge in [-0.2, -0.15) is 5.10 Å². The average molecular weight is 253 g/mol. The van der Waals surface area contributed by atoms with Crippen molar-refractivity contribution in [2.75, 3.05) is 5.43 Å². The molecular formula is C15H15N3O. The SMILES string of the molecule is C=CCc1cccc(C=NNc2ccncc2)c1O. The zero-order chi connectivity index (χ0) is 13.5. The molecule has 1 heterocycles. The molecule has 0 aliphatic carbocycles. The number of pyridine rings is 1. The van der Waals surface area contributed by atoms with Gasteiger partial charge in [-0.05, 0) is 30.2 Å². The van der Waals surface area contributed by atoms with Crippen molar-refractivity contribution in [2.24, 2.45) is 5.10 Å². The van der Waals surface area contributed by atoms with Crippen LogP contribution in [0.3, 0.4) is 0 Å². The first kappa shape index (κ1) is 12.8. The van der Waals surface area contributed by atoms with Gasteiger partial charge in [-0.25, -0.2) is 0 Å². The molecule has 2 rings (SSSR count). The number of nitrogens with one attached hydrogen (secondary N) is 1. The summed E-state index contributed by atoms with van der Waals surface area (Å²) in [6.45, 7) is 3.67. The fourth-order valence-corrected chi connectivity index (χ4v) is 1.64. The van der Waals surface area contributed by atoms with Gasteiger partial charge in [-0.1, -0.05) is 18.2 Å². The van der Waals surface area contributed by atoms with Gasteiger partial charge in [0.2, 0.25) is 0 Å². The Morgan fingerprint density at radius 2 is 2.05 bits per heavy atom. The van der Waals surface area contributed by atoms with Crippen LogP contribution in [0.4, 0.5) is 5.69 Å². The number of phenolic OH excluding ortho intramolecular Hbond substituents is 1. The quantitative estimate of drug-likeness (QED) is 0.489. The molecule has 0 bridgehead atoms. The first-order valence-electron chi connectivity index (χ1n) is 5.92. The highest BCUT2D eigenvalue weighted by Gasteiger charge is 2.03. The number of hydrogen-bond donors (Lipinski definition) is 2. The highest BCUT2D eigenvalue weighted by molar-refractivity contribution is 5.84. The van der Waals surface area contributed by atoms with Crippen LogP contribution in [0.2, 0.25) is 0 Å². The van der Waals surface area contributed by atoms with E-state index in [-0.39, 0.29) is 5.75 Å². The number of para-hydroxylation sites is 1. The van der Waals surface area contributed by atoms with Crippen molar-refractivity contribution in [3.8, 4) is 5.75 Å². The van der Waals surface area contributed by atoms with Crippen molar-refractivity contribution in [3.05, 3.63) is 66.5 Å². The zero-order valence-corrected chi connectivity index (χ0v) is 10.5. The normalized spacial score (nSPS) is 10.5. The Labute approximate surface area is 112 Å². The van der Waals surface area contributed by atoms with Crippen LogP contribution >= 0.6 is 0 Å². The van der Waals surface area contributed by atoms with E-state index in [0.717, 1.165) is 11.3 Å². The summed E-state index contributed by atoms with van der Waals surface area (Å²) in [6, 6.07) is 9.17. The second-order valence-electron chi connectivity index (χ2n) is 3.95. The van der Waals surface area contributed by atoms with E-state index in [1.807, 2.05) is 24.3 Å². The standard InChI is InChI=1S/C15H15N3O/c1-2-4-12-5-3-6-13(15(12)19)11-17-18-14-7-9-16-10-8-14/h2-3,5-11,19H,1,4H2,(H,16,18). The third kappa shape index (κ3) is 3.42. The van der Waals surface area contributed by atoms with Crippen molar-refractivity contribution in [1.29, 1.82) is 0 Å². The second kappa shape index (κ2) is 6.35. The number of aromatic nitrogens is 1. The van der Waals surface area contributed by atoms with Crippen LogP contribution < -0.4 is 5.43 Å². The number of phenols is 1. The molecule has 2 aromatic rings. The number of benzene rings is 1. The fraction of sp³-hybridized carbons (Fsp3) is 0.0667. The molecule has 4 nitrogen and oxygen atoms in total. The summed E-state index contributed by atoms with van der Waals surface area (Å²) in [5.41, 5.74) is 5.21. The summed E-state index contributed by atoms with van der Waals surface area (Å²) in [7, 11) is 0. The molecule has 2 N–H and O–H groups in total. The van der Waals surface area contributed by atoms with Gasteiger partial charge in [0, 0.05) is 18.0 Å². The molecule has 0 fully saturated rings. The summed E-state index contributed by atoms with van der Waals surface area (Å²) in [4.78, 5) is 3.92. The van der Waals surface area contributed by atoms with Crippen molar-refractivity contribution in [3.63, 3.8) is 0 Å². The monoisotopic (exact) mass is 253 g/mol. The van der Waals surface area contributed by atoms with Gasteiger partial charge in [-0.15, -0.1) is 6.58 Å². The molecule has 0 aliphatic heterocycles. The van der Waals surface area contributed by atoms with Crippen LogP contribution in [-0.4, -0.2) is 16.3 Å². The van der Waals surface area contributed by atoms with E-state index in [4.69, 9.17) is 0 Å². The Kier molecular flexibility index (Phi) is 4.29. The van der Waals surface area contributed by atoms with Gasteiger partial charge in [-0.3, -0.25) is 10.4 Å². The Balaban J connectivity index is 2.10. The number of nitrogens with zero attached hydrogens (tertiary/aromatic N) is 2. The molecule has 0 unspecified atom stereocenters. The number of aromatic hydroxyl groups is 1. The molecule has 0 amide bonds. The maximum atomic E-state index is 10.0. The molecule has 0 saturated heterocycles. The van der Waals surface area contributed by atoms with Gasteiger partial charge >= 0.3 is 0 Å². The Morgan fingerprint density at radius 3 is 2.79 bits per heavy atom. The first-order chi connectivity index (χ1) is 9.31. The van der Waals surface area contributed by atoms with E-state index in [1.54, 1.807) is 30.8 Å². The molecule has 1 aromatic heterocycles. The third-order valence-electron chi connectivity index (χ3n) is 2.59. The minimum absolute atomic E-state index is 0.239. The second-order valence-corrected chi connectivity index (χ2v) is 3.95. The number of allylic oxidation sites excluding steroid dienone is 1. The van der Waals surface area contributed by atoms with E-state index in [1.165, 1.54) is 0 Å². The van der Waals surface area contributed by atoms with Crippen LogP contribution in [0.25, 0.3) is 0 Å². The maximum Gasteiger partial charge on any atom is 0.127 e. The lowest BCUT2D eigenvalue weighted by Gasteiger charge is -2.04. The number of hydrazone groups is 1. The highest BCUT2D eigenvalue weighted by atomic mass is 16.3. The Bertz CT molecular complexity index is 579. The van der Waals surface area contributed by atoms with Crippen LogP contribution in [0.5, 0.6) is 5.75 Å². The van der Waals surface area contributed by atoms with Crippen LogP contribution in [0.1, 0.15) is 11.1 Å². The summed E-state index contributed by atoms with van der Waals surface area (Å²) < 4.78 is 0. The number of hydrogen-bond acceptors (Lipinski definition) is 4. The lowest BCUT2D eigenvalue weighted by atomic mass is 10.1. The number of anilines is 1. The molecule has 1 aromatic carbocycles. The summed E-state index contributed by atoms with van der Waals surface area (Å²) >= 11 is 0. The smallest absolute Gasteiger partial charge is 0.127 e. The lowest BCUT2D eigenvalue weighted by molar-refractivity contribution is 0.469. The summed E-state index contributed by atoms with van der Waals surface area (Å²) in [5.74, 6) is 0.239. The lowest BCUT2D eigenvalue weighted by Crippen LogP contribution is -1.93. The topological polar surface area (TPSA) is 57.5 Å². The van der Waals surface area contributed by atoms with Gasteiger partial charge < -0.3 is 5.11 Å². The van der Waals surface area contributed by atoms with E-state index < -0.39 is 0 Å². The van der Waals surface area contributed by atoms with E-state index in [0.29, 0.717) is 12.0 Å². The third-order valence-corrected chi connectivity index (χ3v) is 2.59. The average Bonchev–Trinajstić information content (AvgIpc) is 2.44. The van der Waals surface area contributed by atoms with Gasteiger partial charge in [0.25, 0.3) is 0 Å². The van der Waals surface area contributed by atoms with Crippen molar-refractivity contribution in [1.82, 2.24) is 4.98 Å². The summed E-state index contributed by atoms with van der Waals surface area (Å²) in [5, 5.41) is 14.1. The van der Waals surface area contributed by atoms with E-state index in [9.17, 15) is 5.11 Å². The highest BCUT2D eigenvalue weighted by Crippen LogP contribution is 2.21. The zero-order valence-electron chi connectivity index (χ0n) is 10.5.